The Morgan fingerprint density at radius 3 is 1.85 bits per heavy atom. The van der Waals surface area contributed by atoms with Crippen molar-refractivity contribution in [2.45, 2.75) is 82.9 Å². The fourth-order valence-corrected chi connectivity index (χ4v) is 7.23. The first-order valence-electron chi connectivity index (χ1n) is 10.4. The third-order valence-electron chi connectivity index (χ3n) is 6.31. The van der Waals surface area contributed by atoms with Crippen molar-refractivity contribution in [3.8, 4) is 0 Å². The summed E-state index contributed by atoms with van der Waals surface area (Å²) in [5.74, 6) is 0. The molecule has 3 rings (SSSR count). The van der Waals surface area contributed by atoms with Crippen LogP contribution in [0.4, 0.5) is 0 Å². The van der Waals surface area contributed by atoms with Gasteiger partial charge in [-0.25, -0.2) is 0 Å². The molecule has 0 spiro atoms. The molecule has 6 heteroatoms. The molecule has 3 saturated heterocycles. The van der Waals surface area contributed by atoms with Crippen LogP contribution in [-0.4, -0.2) is 65.8 Å². The van der Waals surface area contributed by atoms with Crippen LogP contribution >= 0.6 is 0 Å². The van der Waals surface area contributed by atoms with Crippen molar-refractivity contribution in [2.24, 2.45) is 5.41 Å². The van der Waals surface area contributed by atoms with Gasteiger partial charge in [0.05, 0.1) is 32.0 Å². The van der Waals surface area contributed by atoms with Gasteiger partial charge in [-0.3, -0.25) is 0 Å². The van der Waals surface area contributed by atoms with Crippen LogP contribution in [0.15, 0.2) is 0 Å². The Morgan fingerprint density at radius 1 is 0.923 bits per heavy atom. The van der Waals surface area contributed by atoms with E-state index in [2.05, 4.69) is 26.9 Å². The highest BCUT2D eigenvalue weighted by Crippen LogP contribution is 2.52. The summed E-state index contributed by atoms with van der Waals surface area (Å²) in [6, 6.07) is 1.25. The molecule has 26 heavy (non-hydrogen) atoms. The number of ether oxygens (including phenoxy) is 4. The molecule has 2 atom stereocenters. The number of hydrogen-bond acceptors (Lipinski definition) is 5. The SMILES string of the molecule is CC1(C)O[Si](C)(C)CCC1(CCCOCC1CO1)CCCOCC1CO1. The van der Waals surface area contributed by atoms with E-state index in [9.17, 15) is 0 Å². The quantitative estimate of drug-likeness (QED) is 0.290. The highest BCUT2D eigenvalue weighted by atomic mass is 28.4. The summed E-state index contributed by atoms with van der Waals surface area (Å²) >= 11 is 0. The molecule has 0 aromatic rings. The van der Waals surface area contributed by atoms with Crippen LogP contribution in [0, 0.1) is 5.41 Å². The van der Waals surface area contributed by atoms with Gasteiger partial charge in [0.2, 0.25) is 0 Å². The molecule has 0 radical (unpaired) electrons. The van der Waals surface area contributed by atoms with Gasteiger partial charge in [0.15, 0.2) is 8.32 Å². The van der Waals surface area contributed by atoms with Gasteiger partial charge in [-0.2, -0.15) is 0 Å². The second kappa shape index (κ2) is 8.58. The maximum absolute atomic E-state index is 6.70. The largest absolute Gasteiger partial charge is 0.412 e. The molecule has 3 aliphatic rings. The Hall–Kier alpha value is 0.0169. The molecule has 0 aromatic carbocycles. The molecule has 0 saturated carbocycles. The van der Waals surface area contributed by atoms with E-state index in [0.29, 0.717) is 12.2 Å². The number of epoxide rings is 2. The average Bonchev–Trinajstić information content (AvgIpc) is 3.43. The summed E-state index contributed by atoms with van der Waals surface area (Å²) in [7, 11) is -1.53. The zero-order valence-electron chi connectivity index (χ0n) is 17.2. The zero-order valence-corrected chi connectivity index (χ0v) is 18.2. The molecule has 0 bridgehead atoms. The van der Waals surface area contributed by atoms with Crippen LogP contribution in [0.5, 0.6) is 0 Å². The van der Waals surface area contributed by atoms with Crippen LogP contribution < -0.4 is 0 Å². The molecular formula is C20H38O5Si. The Bertz CT molecular complexity index is 423. The smallest absolute Gasteiger partial charge is 0.187 e. The predicted octanol–water partition coefficient (Wildman–Crippen LogP) is 3.77. The van der Waals surface area contributed by atoms with E-state index in [4.69, 9.17) is 23.4 Å². The third kappa shape index (κ3) is 6.01. The van der Waals surface area contributed by atoms with E-state index in [0.717, 1.165) is 52.5 Å². The van der Waals surface area contributed by atoms with Crippen molar-refractivity contribution in [3.05, 3.63) is 0 Å². The van der Waals surface area contributed by atoms with Crippen LogP contribution in [0.25, 0.3) is 0 Å². The molecule has 3 fully saturated rings. The third-order valence-corrected chi connectivity index (χ3v) is 8.83. The lowest BCUT2D eigenvalue weighted by Crippen LogP contribution is -2.57. The van der Waals surface area contributed by atoms with Gasteiger partial charge in [-0.1, -0.05) is 0 Å². The maximum Gasteiger partial charge on any atom is 0.187 e. The highest BCUT2D eigenvalue weighted by Gasteiger charge is 2.51. The van der Waals surface area contributed by atoms with Crippen LogP contribution in [-0.2, 0) is 23.4 Å². The van der Waals surface area contributed by atoms with Gasteiger partial charge >= 0.3 is 0 Å². The summed E-state index contributed by atoms with van der Waals surface area (Å²) in [4.78, 5) is 0. The van der Waals surface area contributed by atoms with Crippen molar-refractivity contribution in [1.29, 1.82) is 0 Å². The van der Waals surface area contributed by atoms with Gasteiger partial charge in [0.1, 0.15) is 12.2 Å². The van der Waals surface area contributed by atoms with Gasteiger partial charge < -0.3 is 23.4 Å². The fraction of sp³-hybridized carbons (Fsp3) is 1.00. The molecule has 3 aliphatic heterocycles. The lowest BCUT2D eigenvalue weighted by Gasteiger charge is -2.55. The topological polar surface area (TPSA) is 52.8 Å². The number of hydrogen-bond donors (Lipinski definition) is 0. The van der Waals surface area contributed by atoms with Gasteiger partial charge in [-0.05, 0) is 70.5 Å². The Labute approximate surface area is 160 Å². The molecule has 3 heterocycles. The van der Waals surface area contributed by atoms with Gasteiger partial charge in [0, 0.05) is 13.2 Å². The highest BCUT2D eigenvalue weighted by molar-refractivity contribution is 6.71. The minimum absolute atomic E-state index is 0.0693. The molecule has 2 unspecified atom stereocenters. The molecular weight excluding hydrogens is 348 g/mol. The Balaban J connectivity index is 1.48. The van der Waals surface area contributed by atoms with Gasteiger partial charge in [-0.15, -0.1) is 0 Å². The van der Waals surface area contributed by atoms with E-state index in [1.165, 1.54) is 25.3 Å². The van der Waals surface area contributed by atoms with Crippen LogP contribution in [0.3, 0.4) is 0 Å². The standard InChI is InChI=1S/C20H38O5Si/c1-19(2)20(9-12-26(3,4)25-19,7-5-10-21-13-17-15-23-17)8-6-11-22-14-18-16-24-18/h17-18H,5-16H2,1-4H3. The lowest BCUT2D eigenvalue weighted by molar-refractivity contribution is -0.0795. The molecule has 0 aromatic heterocycles. The second-order valence-corrected chi connectivity index (χ2v) is 13.6. The lowest BCUT2D eigenvalue weighted by atomic mass is 9.66. The van der Waals surface area contributed by atoms with E-state index in [-0.39, 0.29) is 11.0 Å². The molecule has 0 N–H and O–H groups in total. The molecule has 152 valence electrons. The minimum atomic E-state index is -1.53. The predicted molar refractivity (Wildman–Crippen MR) is 104 cm³/mol. The van der Waals surface area contributed by atoms with E-state index < -0.39 is 8.32 Å². The zero-order chi connectivity index (χ0) is 18.7. The number of rotatable bonds is 12. The molecule has 0 amide bonds. The Kier molecular flexibility index (Phi) is 6.84. The fourth-order valence-electron chi connectivity index (χ4n) is 4.45. The average molecular weight is 387 g/mol. The molecule has 5 nitrogen and oxygen atoms in total. The van der Waals surface area contributed by atoms with Crippen molar-refractivity contribution in [1.82, 2.24) is 0 Å². The van der Waals surface area contributed by atoms with E-state index >= 15 is 0 Å². The van der Waals surface area contributed by atoms with Crippen molar-refractivity contribution < 1.29 is 23.4 Å². The van der Waals surface area contributed by atoms with Crippen molar-refractivity contribution in [3.63, 3.8) is 0 Å². The van der Waals surface area contributed by atoms with Crippen molar-refractivity contribution >= 4 is 8.32 Å². The van der Waals surface area contributed by atoms with Crippen molar-refractivity contribution in [2.75, 3.05) is 39.6 Å². The second-order valence-electron chi connectivity index (χ2n) is 9.42. The van der Waals surface area contributed by atoms with Crippen LogP contribution in [0.1, 0.15) is 46.0 Å². The first kappa shape index (κ1) is 20.7. The normalized spacial score (nSPS) is 34.6. The summed E-state index contributed by atoms with van der Waals surface area (Å²) in [5.41, 5.74) is 0.161. The summed E-state index contributed by atoms with van der Waals surface area (Å²) < 4.78 is 28.7. The van der Waals surface area contributed by atoms with E-state index in [1.807, 2.05) is 0 Å². The maximum atomic E-state index is 6.70. The Morgan fingerprint density at radius 2 is 1.42 bits per heavy atom. The first-order chi connectivity index (χ1) is 12.3. The summed E-state index contributed by atoms with van der Waals surface area (Å²) in [5, 5.41) is 0. The monoisotopic (exact) mass is 386 g/mol. The van der Waals surface area contributed by atoms with E-state index in [1.54, 1.807) is 0 Å². The minimum Gasteiger partial charge on any atom is -0.412 e. The van der Waals surface area contributed by atoms with Crippen LogP contribution in [0.2, 0.25) is 19.1 Å². The summed E-state index contributed by atoms with van der Waals surface area (Å²) in [6.45, 7) is 14.3. The van der Waals surface area contributed by atoms with Gasteiger partial charge in [0.25, 0.3) is 0 Å². The summed E-state index contributed by atoms with van der Waals surface area (Å²) in [6.07, 6.45) is 6.52. The first-order valence-corrected chi connectivity index (χ1v) is 13.5. The molecule has 0 aliphatic carbocycles.